The third-order valence-corrected chi connectivity index (χ3v) is 3.46. The van der Waals surface area contributed by atoms with E-state index in [2.05, 4.69) is 11.8 Å². The standard InChI is InChI=1S/C14H21NO2/c1-11-5-3-4-6-13(11)14(16)9-15-7-8-17-10-12(15)2/h3-6,12,14,16H,7-10H2,1-2H3. The molecule has 0 amide bonds. The van der Waals surface area contributed by atoms with Gasteiger partial charge in [0.15, 0.2) is 0 Å². The fraction of sp³-hybridized carbons (Fsp3) is 0.571. The van der Waals surface area contributed by atoms with Crippen molar-refractivity contribution in [1.82, 2.24) is 4.90 Å². The molecular weight excluding hydrogens is 214 g/mol. The van der Waals surface area contributed by atoms with Gasteiger partial charge < -0.3 is 9.84 Å². The molecule has 1 aromatic carbocycles. The number of benzene rings is 1. The summed E-state index contributed by atoms with van der Waals surface area (Å²) in [6.45, 7) is 7.32. The maximum Gasteiger partial charge on any atom is 0.0919 e. The van der Waals surface area contributed by atoms with Crippen molar-refractivity contribution in [2.75, 3.05) is 26.3 Å². The number of nitrogens with zero attached hydrogens (tertiary/aromatic N) is 1. The van der Waals surface area contributed by atoms with Crippen LogP contribution >= 0.6 is 0 Å². The molecule has 2 atom stereocenters. The van der Waals surface area contributed by atoms with Crippen molar-refractivity contribution in [3.63, 3.8) is 0 Å². The van der Waals surface area contributed by atoms with Gasteiger partial charge in [0.05, 0.1) is 19.3 Å². The number of hydrogen-bond acceptors (Lipinski definition) is 3. The Hall–Kier alpha value is -0.900. The summed E-state index contributed by atoms with van der Waals surface area (Å²) in [6, 6.07) is 8.42. The quantitative estimate of drug-likeness (QED) is 0.866. The lowest BCUT2D eigenvalue weighted by atomic mass is 10.0. The Kier molecular flexibility index (Phi) is 4.15. The smallest absolute Gasteiger partial charge is 0.0919 e. The minimum atomic E-state index is -0.406. The van der Waals surface area contributed by atoms with Gasteiger partial charge in [-0.2, -0.15) is 0 Å². The summed E-state index contributed by atoms with van der Waals surface area (Å²) in [6.07, 6.45) is -0.406. The molecule has 1 saturated heterocycles. The Balaban J connectivity index is 2.01. The van der Waals surface area contributed by atoms with E-state index in [1.54, 1.807) is 0 Å². The van der Waals surface area contributed by atoms with Gasteiger partial charge >= 0.3 is 0 Å². The van der Waals surface area contributed by atoms with E-state index in [1.807, 2.05) is 31.2 Å². The van der Waals surface area contributed by atoms with Crippen LogP contribution in [0, 0.1) is 6.92 Å². The molecule has 1 N–H and O–H groups in total. The Labute approximate surface area is 103 Å². The van der Waals surface area contributed by atoms with Gasteiger partial charge in [0.2, 0.25) is 0 Å². The fourth-order valence-corrected chi connectivity index (χ4v) is 2.31. The normalized spacial score (nSPS) is 23.6. The summed E-state index contributed by atoms with van der Waals surface area (Å²) < 4.78 is 5.40. The van der Waals surface area contributed by atoms with Gasteiger partial charge in [0.25, 0.3) is 0 Å². The highest BCUT2D eigenvalue weighted by Gasteiger charge is 2.22. The van der Waals surface area contributed by atoms with Crippen LogP contribution in [0.15, 0.2) is 24.3 Å². The average molecular weight is 235 g/mol. The van der Waals surface area contributed by atoms with E-state index < -0.39 is 6.10 Å². The molecule has 3 nitrogen and oxygen atoms in total. The first-order valence-corrected chi connectivity index (χ1v) is 6.24. The van der Waals surface area contributed by atoms with Gasteiger partial charge in [-0.05, 0) is 25.0 Å². The topological polar surface area (TPSA) is 32.7 Å². The van der Waals surface area contributed by atoms with Crippen LogP contribution in [0.1, 0.15) is 24.2 Å². The second-order valence-electron chi connectivity index (χ2n) is 4.79. The van der Waals surface area contributed by atoms with E-state index in [9.17, 15) is 5.11 Å². The Morgan fingerprint density at radius 3 is 2.94 bits per heavy atom. The molecule has 0 saturated carbocycles. The molecule has 17 heavy (non-hydrogen) atoms. The minimum absolute atomic E-state index is 0.391. The van der Waals surface area contributed by atoms with Crippen LogP contribution in [-0.4, -0.2) is 42.4 Å². The Morgan fingerprint density at radius 2 is 2.24 bits per heavy atom. The van der Waals surface area contributed by atoms with Crippen LogP contribution in [0.4, 0.5) is 0 Å². The first-order chi connectivity index (χ1) is 8.18. The average Bonchev–Trinajstić information content (AvgIpc) is 2.32. The Bertz CT molecular complexity index is 367. The van der Waals surface area contributed by atoms with Crippen molar-refractivity contribution < 1.29 is 9.84 Å². The molecule has 2 unspecified atom stereocenters. The highest BCUT2D eigenvalue weighted by molar-refractivity contribution is 5.27. The second kappa shape index (κ2) is 5.63. The maximum absolute atomic E-state index is 10.3. The van der Waals surface area contributed by atoms with Crippen molar-refractivity contribution in [3.8, 4) is 0 Å². The van der Waals surface area contributed by atoms with Gasteiger partial charge in [-0.15, -0.1) is 0 Å². The van der Waals surface area contributed by atoms with Crippen LogP contribution in [0.3, 0.4) is 0 Å². The highest BCUT2D eigenvalue weighted by Crippen LogP contribution is 2.20. The first kappa shape index (κ1) is 12.6. The molecule has 0 bridgehead atoms. The Morgan fingerprint density at radius 1 is 1.47 bits per heavy atom. The molecule has 0 aliphatic carbocycles. The highest BCUT2D eigenvalue weighted by atomic mass is 16.5. The van der Waals surface area contributed by atoms with Crippen LogP contribution in [0.25, 0.3) is 0 Å². The first-order valence-electron chi connectivity index (χ1n) is 6.24. The van der Waals surface area contributed by atoms with E-state index in [0.29, 0.717) is 12.6 Å². The van der Waals surface area contributed by atoms with Gasteiger partial charge in [-0.25, -0.2) is 0 Å². The molecule has 94 valence electrons. The van der Waals surface area contributed by atoms with E-state index in [-0.39, 0.29) is 0 Å². The van der Waals surface area contributed by atoms with Crippen molar-refractivity contribution in [2.24, 2.45) is 0 Å². The zero-order chi connectivity index (χ0) is 12.3. The fourth-order valence-electron chi connectivity index (χ4n) is 2.31. The summed E-state index contributed by atoms with van der Waals surface area (Å²) in [5.74, 6) is 0. The summed E-state index contributed by atoms with van der Waals surface area (Å²) in [5, 5.41) is 10.3. The molecule has 3 heteroatoms. The number of aryl methyl sites for hydroxylation is 1. The van der Waals surface area contributed by atoms with E-state index in [0.717, 1.165) is 30.9 Å². The molecule has 2 rings (SSSR count). The zero-order valence-electron chi connectivity index (χ0n) is 10.6. The minimum Gasteiger partial charge on any atom is -0.387 e. The molecule has 0 aromatic heterocycles. The predicted octanol–water partition coefficient (Wildman–Crippen LogP) is 1.75. The molecule has 1 fully saturated rings. The van der Waals surface area contributed by atoms with Crippen molar-refractivity contribution >= 4 is 0 Å². The summed E-state index contributed by atoms with van der Waals surface area (Å²) in [7, 11) is 0. The number of ether oxygens (including phenoxy) is 1. The molecule has 1 aliphatic heterocycles. The lowest BCUT2D eigenvalue weighted by Crippen LogP contribution is -2.45. The number of aliphatic hydroxyl groups excluding tert-OH is 1. The molecular formula is C14H21NO2. The summed E-state index contributed by atoms with van der Waals surface area (Å²) >= 11 is 0. The van der Waals surface area contributed by atoms with Gasteiger partial charge in [0.1, 0.15) is 0 Å². The van der Waals surface area contributed by atoms with Crippen molar-refractivity contribution in [1.29, 1.82) is 0 Å². The SMILES string of the molecule is Cc1ccccc1C(O)CN1CCOCC1C. The van der Waals surface area contributed by atoms with Gasteiger partial charge in [-0.1, -0.05) is 24.3 Å². The van der Waals surface area contributed by atoms with Gasteiger partial charge in [0, 0.05) is 19.1 Å². The van der Waals surface area contributed by atoms with Gasteiger partial charge in [-0.3, -0.25) is 4.90 Å². The van der Waals surface area contributed by atoms with Crippen molar-refractivity contribution in [3.05, 3.63) is 35.4 Å². The molecule has 1 heterocycles. The number of β-amino-alcohol motifs (C(OH)–C–C–N with tert-alkyl or cyclic N) is 1. The van der Waals surface area contributed by atoms with Crippen molar-refractivity contribution in [2.45, 2.75) is 26.0 Å². The number of hydrogen-bond donors (Lipinski definition) is 1. The summed E-state index contributed by atoms with van der Waals surface area (Å²) in [4.78, 5) is 2.29. The lowest BCUT2D eigenvalue weighted by molar-refractivity contribution is -0.0203. The number of aliphatic hydroxyl groups is 1. The molecule has 1 aromatic rings. The predicted molar refractivity (Wildman–Crippen MR) is 68.0 cm³/mol. The zero-order valence-corrected chi connectivity index (χ0v) is 10.6. The number of morpholine rings is 1. The summed E-state index contributed by atoms with van der Waals surface area (Å²) in [5.41, 5.74) is 2.19. The number of rotatable bonds is 3. The van der Waals surface area contributed by atoms with E-state index >= 15 is 0 Å². The van der Waals surface area contributed by atoms with Crippen LogP contribution in [0.5, 0.6) is 0 Å². The van der Waals surface area contributed by atoms with Crippen LogP contribution in [-0.2, 0) is 4.74 Å². The largest absolute Gasteiger partial charge is 0.387 e. The monoisotopic (exact) mass is 235 g/mol. The third-order valence-electron chi connectivity index (χ3n) is 3.46. The van der Waals surface area contributed by atoms with E-state index in [1.165, 1.54) is 0 Å². The van der Waals surface area contributed by atoms with Crippen LogP contribution in [0.2, 0.25) is 0 Å². The molecule has 0 spiro atoms. The third kappa shape index (κ3) is 3.06. The lowest BCUT2D eigenvalue weighted by Gasteiger charge is -2.34. The molecule has 1 aliphatic rings. The maximum atomic E-state index is 10.3. The van der Waals surface area contributed by atoms with E-state index in [4.69, 9.17) is 4.74 Å². The van der Waals surface area contributed by atoms with Crippen LogP contribution < -0.4 is 0 Å². The second-order valence-corrected chi connectivity index (χ2v) is 4.79. The molecule has 0 radical (unpaired) electrons.